The Kier molecular flexibility index (Phi) is 2.48. The van der Waals surface area contributed by atoms with Gasteiger partial charge >= 0.3 is 0 Å². The first-order chi connectivity index (χ1) is 10.3. The predicted octanol–water partition coefficient (Wildman–Crippen LogP) is 3.40. The largest absolute Gasteiger partial charge is 0.293 e. The van der Waals surface area contributed by atoms with E-state index >= 15 is 0 Å². The average Bonchev–Trinajstić information content (AvgIpc) is 2.80. The molecule has 0 saturated carbocycles. The molecule has 0 fully saturated rings. The van der Waals surface area contributed by atoms with Gasteiger partial charge < -0.3 is 0 Å². The fraction of sp³-hybridized carbons (Fsp3) is 0.0556. The second kappa shape index (κ2) is 4.35. The number of rotatable bonds is 1. The van der Waals surface area contributed by atoms with Crippen molar-refractivity contribution >= 4 is 22.3 Å². The third-order valence-electron chi connectivity index (χ3n) is 3.95. The van der Waals surface area contributed by atoms with E-state index in [9.17, 15) is 9.59 Å². The highest BCUT2D eigenvalue weighted by molar-refractivity contribution is 6.33. The highest BCUT2D eigenvalue weighted by Gasteiger charge is 2.41. The first kappa shape index (κ1) is 12.0. The molecule has 2 aromatic carbocycles. The normalized spacial score (nSPS) is 17.2. The molecule has 0 radical (unpaired) electrons. The number of Topliss-reactive ketones (excluding diaryl/α,β-unsaturated/α-hetero) is 2. The molecule has 1 atom stereocenters. The van der Waals surface area contributed by atoms with Gasteiger partial charge in [0, 0.05) is 17.3 Å². The van der Waals surface area contributed by atoms with E-state index in [1.807, 2.05) is 30.3 Å². The molecule has 0 amide bonds. The molecule has 100 valence electrons. The van der Waals surface area contributed by atoms with Crippen LogP contribution in [0, 0.1) is 0 Å². The van der Waals surface area contributed by atoms with Gasteiger partial charge in [-0.25, -0.2) is 0 Å². The van der Waals surface area contributed by atoms with Crippen LogP contribution in [0.15, 0.2) is 60.8 Å². The van der Waals surface area contributed by atoms with Gasteiger partial charge in [-0.15, -0.1) is 0 Å². The Bertz CT molecular complexity index is 884. The molecule has 1 aromatic heterocycles. The summed E-state index contributed by atoms with van der Waals surface area (Å²) >= 11 is 0. The van der Waals surface area contributed by atoms with Gasteiger partial charge in [0.1, 0.15) is 5.92 Å². The number of hydrogen-bond acceptors (Lipinski definition) is 3. The lowest BCUT2D eigenvalue weighted by atomic mass is 9.98. The van der Waals surface area contributed by atoms with E-state index in [-0.39, 0.29) is 11.6 Å². The lowest BCUT2D eigenvalue weighted by molar-refractivity contribution is 0.0888. The molecule has 4 rings (SSSR count). The molecule has 3 aromatic rings. The molecule has 21 heavy (non-hydrogen) atoms. The van der Waals surface area contributed by atoms with Gasteiger partial charge in [0.2, 0.25) is 0 Å². The maximum absolute atomic E-state index is 12.8. The second-order valence-electron chi connectivity index (χ2n) is 5.13. The minimum Gasteiger partial charge on any atom is -0.293 e. The summed E-state index contributed by atoms with van der Waals surface area (Å²) in [6, 6.07) is 16.6. The Balaban J connectivity index is 1.97. The van der Waals surface area contributed by atoms with Gasteiger partial charge in [-0.1, -0.05) is 36.4 Å². The summed E-state index contributed by atoms with van der Waals surface area (Å²) in [4.78, 5) is 29.5. The molecule has 1 aliphatic rings. The third kappa shape index (κ3) is 1.64. The molecule has 3 heteroatoms. The van der Waals surface area contributed by atoms with E-state index in [0.717, 1.165) is 10.8 Å². The molecule has 0 bridgehead atoms. The summed E-state index contributed by atoms with van der Waals surface area (Å²) in [7, 11) is 0. The van der Waals surface area contributed by atoms with E-state index in [0.29, 0.717) is 16.8 Å². The van der Waals surface area contributed by atoms with Crippen LogP contribution in [0.25, 0.3) is 10.8 Å². The van der Waals surface area contributed by atoms with Crippen LogP contribution in [0.5, 0.6) is 0 Å². The van der Waals surface area contributed by atoms with Crippen molar-refractivity contribution in [2.45, 2.75) is 5.92 Å². The van der Waals surface area contributed by atoms with Crippen molar-refractivity contribution in [3.63, 3.8) is 0 Å². The number of nitrogens with zero attached hydrogens (tertiary/aromatic N) is 1. The van der Waals surface area contributed by atoms with Gasteiger partial charge in [0.15, 0.2) is 11.6 Å². The maximum atomic E-state index is 12.8. The number of benzene rings is 2. The maximum Gasteiger partial charge on any atom is 0.181 e. The fourth-order valence-electron chi connectivity index (χ4n) is 2.98. The van der Waals surface area contributed by atoms with Crippen molar-refractivity contribution in [3.8, 4) is 0 Å². The summed E-state index contributed by atoms with van der Waals surface area (Å²) in [6.45, 7) is 0. The molecule has 0 saturated heterocycles. The van der Waals surface area contributed by atoms with Crippen LogP contribution in [0.3, 0.4) is 0 Å². The number of carbonyl (C=O) groups excluding carboxylic acids is 2. The van der Waals surface area contributed by atoms with E-state index in [2.05, 4.69) is 4.98 Å². The quantitative estimate of drug-likeness (QED) is 0.638. The summed E-state index contributed by atoms with van der Waals surface area (Å²) < 4.78 is 0. The summed E-state index contributed by atoms with van der Waals surface area (Å²) in [5.74, 6) is -1.10. The average molecular weight is 273 g/mol. The monoisotopic (exact) mass is 273 g/mol. The fourth-order valence-corrected chi connectivity index (χ4v) is 2.98. The summed E-state index contributed by atoms with van der Waals surface area (Å²) in [5.41, 5.74) is 1.57. The predicted molar refractivity (Wildman–Crippen MR) is 79.6 cm³/mol. The number of pyridine rings is 1. The number of ketones is 2. The van der Waals surface area contributed by atoms with Crippen molar-refractivity contribution in [1.29, 1.82) is 0 Å². The Labute approximate surface area is 121 Å². The Morgan fingerprint density at radius 2 is 1.62 bits per heavy atom. The van der Waals surface area contributed by atoms with Crippen molar-refractivity contribution in [3.05, 3.63) is 77.6 Å². The van der Waals surface area contributed by atoms with Crippen LogP contribution >= 0.6 is 0 Å². The van der Waals surface area contributed by atoms with E-state index in [4.69, 9.17) is 0 Å². The summed E-state index contributed by atoms with van der Waals surface area (Å²) in [6.07, 6.45) is 1.61. The number of carbonyl (C=O) groups is 2. The van der Waals surface area contributed by atoms with Crippen molar-refractivity contribution in [2.24, 2.45) is 0 Å². The van der Waals surface area contributed by atoms with E-state index in [1.54, 1.807) is 30.5 Å². The minimum absolute atomic E-state index is 0.148. The molecule has 0 aliphatic heterocycles. The summed E-state index contributed by atoms with van der Waals surface area (Å²) in [5, 5.41) is 1.81. The van der Waals surface area contributed by atoms with Crippen LogP contribution in [-0.4, -0.2) is 16.6 Å². The standard InChI is InChI=1S/C18H11NO2/c20-17-13-9-8-11-5-1-2-6-12(11)15(13)18(21)16(17)14-7-3-4-10-19-14/h1-10,16H. The Morgan fingerprint density at radius 3 is 2.43 bits per heavy atom. The Morgan fingerprint density at radius 1 is 0.810 bits per heavy atom. The number of fused-ring (bicyclic) bond motifs is 3. The molecule has 1 aliphatic carbocycles. The van der Waals surface area contributed by atoms with Crippen LogP contribution < -0.4 is 0 Å². The van der Waals surface area contributed by atoms with Crippen LogP contribution in [0.2, 0.25) is 0 Å². The minimum atomic E-state index is -0.799. The second-order valence-corrected chi connectivity index (χ2v) is 5.13. The van der Waals surface area contributed by atoms with Crippen LogP contribution in [-0.2, 0) is 0 Å². The van der Waals surface area contributed by atoms with Gasteiger partial charge in [-0.3, -0.25) is 14.6 Å². The van der Waals surface area contributed by atoms with Crippen molar-refractivity contribution < 1.29 is 9.59 Å². The zero-order valence-corrected chi connectivity index (χ0v) is 11.1. The van der Waals surface area contributed by atoms with Gasteiger partial charge in [-0.05, 0) is 29.0 Å². The van der Waals surface area contributed by atoms with E-state index < -0.39 is 5.92 Å². The molecule has 0 N–H and O–H groups in total. The van der Waals surface area contributed by atoms with Crippen LogP contribution in [0.1, 0.15) is 32.3 Å². The van der Waals surface area contributed by atoms with Crippen molar-refractivity contribution in [1.82, 2.24) is 4.98 Å². The number of hydrogen-bond donors (Lipinski definition) is 0. The lowest BCUT2D eigenvalue weighted by Crippen LogP contribution is -2.14. The third-order valence-corrected chi connectivity index (χ3v) is 3.95. The zero-order chi connectivity index (χ0) is 14.4. The highest BCUT2D eigenvalue weighted by atomic mass is 16.2. The first-order valence-electron chi connectivity index (χ1n) is 6.78. The smallest absolute Gasteiger partial charge is 0.181 e. The molecule has 1 unspecified atom stereocenters. The lowest BCUT2D eigenvalue weighted by Gasteiger charge is -2.05. The molecular weight excluding hydrogens is 262 g/mol. The van der Waals surface area contributed by atoms with Gasteiger partial charge in [0.05, 0.1) is 5.69 Å². The molecule has 3 nitrogen and oxygen atoms in total. The highest BCUT2D eigenvalue weighted by Crippen LogP contribution is 2.37. The zero-order valence-electron chi connectivity index (χ0n) is 11.1. The van der Waals surface area contributed by atoms with Gasteiger partial charge in [-0.2, -0.15) is 0 Å². The SMILES string of the molecule is O=C1c2ccc3ccccc3c2C(=O)C1c1ccccn1. The molecular formula is C18H11NO2. The first-order valence-corrected chi connectivity index (χ1v) is 6.78. The molecule has 0 spiro atoms. The topological polar surface area (TPSA) is 47.0 Å². The molecule has 1 heterocycles. The van der Waals surface area contributed by atoms with Gasteiger partial charge in [0.25, 0.3) is 0 Å². The van der Waals surface area contributed by atoms with E-state index in [1.165, 1.54) is 0 Å². The van der Waals surface area contributed by atoms with Crippen molar-refractivity contribution in [2.75, 3.05) is 0 Å². The van der Waals surface area contributed by atoms with Crippen LogP contribution in [0.4, 0.5) is 0 Å². The number of aromatic nitrogens is 1. The Hall–Kier alpha value is -2.81.